The Bertz CT molecular complexity index is 550. The van der Waals surface area contributed by atoms with Gasteiger partial charge in [-0.05, 0) is 45.0 Å². The van der Waals surface area contributed by atoms with Crippen LogP contribution in [0.2, 0.25) is 0 Å². The summed E-state index contributed by atoms with van der Waals surface area (Å²) in [4.78, 5) is 13.7. The summed E-state index contributed by atoms with van der Waals surface area (Å²) in [6.07, 6.45) is -0.629. The Morgan fingerprint density at radius 2 is 1.75 bits per heavy atom. The van der Waals surface area contributed by atoms with Crippen LogP contribution in [-0.2, 0) is 14.8 Å². The van der Waals surface area contributed by atoms with Gasteiger partial charge in [-0.3, -0.25) is 4.79 Å². The van der Waals surface area contributed by atoms with E-state index >= 15 is 0 Å². The van der Waals surface area contributed by atoms with E-state index in [-0.39, 0.29) is 10.8 Å². The van der Waals surface area contributed by atoms with Crippen LogP contribution >= 0.6 is 0 Å². The zero-order chi connectivity index (χ0) is 15.3. The molecular formula is C13H20N2O4S. The number of carbonyl (C=O) groups is 1. The number of rotatable bonds is 6. The van der Waals surface area contributed by atoms with E-state index in [1.165, 1.54) is 24.3 Å². The van der Waals surface area contributed by atoms with E-state index in [9.17, 15) is 13.2 Å². The van der Waals surface area contributed by atoms with E-state index in [1.54, 1.807) is 11.8 Å². The van der Waals surface area contributed by atoms with Crippen molar-refractivity contribution in [3.05, 3.63) is 24.3 Å². The number of nitrogens with zero attached hydrogens (tertiary/aromatic N) is 1. The van der Waals surface area contributed by atoms with Crippen LogP contribution in [0.3, 0.4) is 0 Å². The molecule has 7 heteroatoms. The van der Waals surface area contributed by atoms with Crippen molar-refractivity contribution in [2.24, 2.45) is 5.14 Å². The van der Waals surface area contributed by atoms with E-state index in [0.29, 0.717) is 18.8 Å². The van der Waals surface area contributed by atoms with Gasteiger partial charge in [-0.1, -0.05) is 0 Å². The Morgan fingerprint density at radius 3 is 2.15 bits per heavy atom. The fourth-order valence-corrected chi connectivity index (χ4v) is 2.27. The van der Waals surface area contributed by atoms with Crippen LogP contribution in [0.1, 0.15) is 20.8 Å². The lowest BCUT2D eigenvalue weighted by Crippen LogP contribution is -2.40. The maximum absolute atomic E-state index is 12.0. The van der Waals surface area contributed by atoms with Gasteiger partial charge in [-0.2, -0.15) is 0 Å². The number of amides is 1. The van der Waals surface area contributed by atoms with Gasteiger partial charge in [-0.15, -0.1) is 0 Å². The highest BCUT2D eigenvalue weighted by Crippen LogP contribution is 2.16. The summed E-state index contributed by atoms with van der Waals surface area (Å²) in [5.74, 6) is 0.316. The van der Waals surface area contributed by atoms with Crippen molar-refractivity contribution < 1.29 is 17.9 Å². The van der Waals surface area contributed by atoms with Crippen LogP contribution in [0.4, 0.5) is 0 Å². The first-order valence-electron chi connectivity index (χ1n) is 6.37. The van der Waals surface area contributed by atoms with Crippen LogP contribution in [0.15, 0.2) is 29.2 Å². The third kappa shape index (κ3) is 4.21. The Balaban J connectivity index is 2.76. The SMILES string of the molecule is CCN(CC)C(=O)C(C)Oc1ccc(S(N)(=O)=O)cc1. The molecule has 1 aromatic carbocycles. The first-order chi connectivity index (χ1) is 9.29. The van der Waals surface area contributed by atoms with Crippen LogP contribution in [0.25, 0.3) is 0 Å². The molecule has 0 saturated heterocycles. The molecule has 0 fully saturated rings. The zero-order valence-electron chi connectivity index (χ0n) is 11.9. The van der Waals surface area contributed by atoms with E-state index in [0.717, 1.165) is 0 Å². The summed E-state index contributed by atoms with van der Waals surface area (Å²) in [7, 11) is -3.72. The summed E-state index contributed by atoms with van der Waals surface area (Å²) >= 11 is 0. The van der Waals surface area contributed by atoms with Gasteiger partial charge in [0.1, 0.15) is 5.75 Å². The Kier molecular flexibility index (Phi) is 5.52. The van der Waals surface area contributed by atoms with Crippen LogP contribution in [0, 0.1) is 0 Å². The molecule has 0 aliphatic rings. The Morgan fingerprint density at radius 1 is 1.25 bits per heavy atom. The maximum Gasteiger partial charge on any atom is 0.263 e. The second-order valence-corrected chi connectivity index (χ2v) is 5.85. The maximum atomic E-state index is 12.0. The van der Waals surface area contributed by atoms with Gasteiger partial charge in [0.2, 0.25) is 10.0 Å². The fourth-order valence-electron chi connectivity index (χ4n) is 1.75. The zero-order valence-corrected chi connectivity index (χ0v) is 12.7. The van der Waals surface area contributed by atoms with E-state index in [2.05, 4.69) is 0 Å². The molecule has 0 aromatic heterocycles. The van der Waals surface area contributed by atoms with Gasteiger partial charge in [0.25, 0.3) is 5.91 Å². The van der Waals surface area contributed by atoms with Gasteiger partial charge in [0.05, 0.1) is 4.90 Å². The molecule has 0 radical (unpaired) electrons. The molecule has 0 bridgehead atoms. The predicted molar refractivity (Wildman–Crippen MR) is 75.8 cm³/mol. The molecule has 1 amide bonds. The number of carbonyl (C=O) groups excluding carboxylic acids is 1. The number of ether oxygens (including phenoxy) is 1. The number of likely N-dealkylation sites (N-methyl/N-ethyl adjacent to an activating group) is 1. The third-order valence-electron chi connectivity index (χ3n) is 2.89. The summed E-state index contributed by atoms with van der Waals surface area (Å²) in [5, 5.41) is 5.00. The number of sulfonamides is 1. The molecule has 112 valence electrons. The number of hydrogen-bond acceptors (Lipinski definition) is 4. The third-order valence-corrected chi connectivity index (χ3v) is 3.82. The molecular weight excluding hydrogens is 280 g/mol. The summed E-state index contributed by atoms with van der Waals surface area (Å²) in [6.45, 7) is 6.69. The number of nitrogens with two attached hydrogens (primary N) is 1. The van der Waals surface area contributed by atoms with Crippen molar-refractivity contribution in [2.45, 2.75) is 31.8 Å². The molecule has 0 aliphatic heterocycles. The summed E-state index contributed by atoms with van der Waals surface area (Å²) in [5.41, 5.74) is 0. The highest BCUT2D eigenvalue weighted by atomic mass is 32.2. The fraction of sp³-hybridized carbons (Fsp3) is 0.462. The highest BCUT2D eigenvalue weighted by molar-refractivity contribution is 7.89. The highest BCUT2D eigenvalue weighted by Gasteiger charge is 2.19. The Labute approximate surface area is 119 Å². The van der Waals surface area contributed by atoms with E-state index in [4.69, 9.17) is 9.88 Å². The number of primary sulfonamides is 1. The van der Waals surface area contributed by atoms with Crippen LogP contribution in [0.5, 0.6) is 5.75 Å². The monoisotopic (exact) mass is 300 g/mol. The van der Waals surface area contributed by atoms with Gasteiger partial charge >= 0.3 is 0 Å². The van der Waals surface area contributed by atoms with Crippen LogP contribution in [-0.4, -0.2) is 38.4 Å². The van der Waals surface area contributed by atoms with Crippen LogP contribution < -0.4 is 9.88 Å². The first kappa shape index (κ1) is 16.5. The van der Waals surface area contributed by atoms with Crippen molar-refractivity contribution in [3.63, 3.8) is 0 Å². The van der Waals surface area contributed by atoms with Gasteiger partial charge < -0.3 is 9.64 Å². The molecule has 0 heterocycles. The average Bonchev–Trinajstić information content (AvgIpc) is 2.39. The first-order valence-corrected chi connectivity index (χ1v) is 7.92. The molecule has 1 aromatic rings. The largest absolute Gasteiger partial charge is 0.481 e. The van der Waals surface area contributed by atoms with Crippen molar-refractivity contribution >= 4 is 15.9 Å². The normalized spacial score (nSPS) is 12.8. The molecule has 1 rings (SSSR count). The van der Waals surface area contributed by atoms with Crippen molar-refractivity contribution in [2.75, 3.05) is 13.1 Å². The molecule has 0 spiro atoms. The Hall–Kier alpha value is -1.60. The predicted octanol–water partition coefficient (Wildman–Crippen LogP) is 0.970. The molecule has 1 unspecified atom stereocenters. The van der Waals surface area contributed by atoms with E-state index < -0.39 is 16.1 Å². The molecule has 1 atom stereocenters. The minimum atomic E-state index is -3.72. The van der Waals surface area contributed by atoms with Crippen molar-refractivity contribution in [1.29, 1.82) is 0 Å². The topological polar surface area (TPSA) is 89.7 Å². The lowest BCUT2D eigenvalue weighted by Gasteiger charge is -2.23. The second-order valence-electron chi connectivity index (χ2n) is 4.29. The molecule has 0 saturated carbocycles. The molecule has 0 aliphatic carbocycles. The van der Waals surface area contributed by atoms with Gasteiger partial charge in [0, 0.05) is 13.1 Å². The smallest absolute Gasteiger partial charge is 0.263 e. The molecule has 6 nitrogen and oxygen atoms in total. The quantitative estimate of drug-likeness (QED) is 0.847. The second kappa shape index (κ2) is 6.71. The van der Waals surface area contributed by atoms with Gasteiger partial charge in [-0.25, -0.2) is 13.6 Å². The summed E-state index contributed by atoms with van der Waals surface area (Å²) in [6, 6.07) is 5.65. The minimum Gasteiger partial charge on any atom is -0.481 e. The number of hydrogen-bond donors (Lipinski definition) is 1. The van der Waals surface area contributed by atoms with Crippen molar-refractivity contribution in [1.82, 2.24) is 4.90 Å². The number of benzene rings is 1. The average molecular weight is 300 g/mol. The lowest BCUT2D eigenvalue weighted by molar-refractivity contribution is -0.137. The molecule has 20 heavy (non-hydrogen) atoms. The minimum absolute atomic E-state index is 0.00701. The molecule has 2 N–H and O–H groups in total. The van der Waals surface area contributed by atoms with E-state index in [1.807, 2.05) is 13.8 Å². The van der Waals surface area contributed by atoms with Gasteiger partial charge in [0.15, 0.2) is 6.10 Å². The van der Waals surface area contributed by atoms with Crippen molar-refractivity contribution in [3.8, 4) is 5.75 Å². The lowest BCUT2D eigenvalue weighted by atomic mass is 10.3. The standard InChI is InChI=1S/C13H20N2O4S/c1-4-15(5-2)13(16)10(3)19-11-6-8-12(9-7-11)20(14,17)18/h6-10H,4-5H2,1-3H3,(H2,14,17,18). The summed E-state index contributed by atoms with van der Waals surface area (Å²) < 4.78 is 27.7.